The molecule has 1 aliphatic rings. The van der Waals surface area contributed by atoms with E-state index in [1.54, 1.807) is 4.90 Å². The number of carbonyl (C=O) groups excluding carboxylic acids is 2. The number of likely N-dealkylation sites (tertiary alicyclic amines) is 1. The van der Waals surface area contributed by atoms with Crippen LogP contribution in [0.1, 0.15) is 42.4 Å². The van der Waals surface area contributed by atoms with Crippen LogP contribution in [0.15, 0.2) is 42.6 Å². The van der Waals surface area contributed by atoms with E-state index >= 15 is 0 Å². The summed E-state index contributed by atoms with van der Waals surface area (Å²) in [6.45, 7) is 6.51. The highest BCUT2D eigenvalue weighted by atomic mass is 16.2. The number of rotatable bonds is 3. The van der Waals surface area contributed by atoms with E-state index in [0.29, 0.717) is 24.3 Å². The number of hydrogen-bond acceptors (Lipinski definition) is 3. The number of aromatic amines is 1. The normalized spacial score (nSPS) is 15.7. The molecular weight excluding hydrogens is 328 g/mol. The molecule has 6 heteroatoms. The molecule has 1 saturated heterocycles. The van der Waals surface area contributed by atoms with Crippen molar-refractivity contribution < 1.29 is 9.59 Å². The zero-order valence-corrected chi connectivity index (χ0v) is 15.2. The fourth-order valence-corrected chi connectivity index (χ4v) is 3.19. The highest BCUT2D eigenvalue weighted by molar-refractivity contribution is 5.94. The minimum atomic E-state index is -0.628. The van der Waals surface area contributed by atoms with Crippen LogP contribution in [0.25, 0.3) is 0 Å². The third-order valence-electron chi connectivity index (χ3n) is 4.59. The van der Waals surface area contributed by atoms with E-state index in [1.165, 1.54) is 12.3 Å². The van der Waals surface area contributed by atoms with Crippen molar-refractivity contribution in [2.75, 3.05) is 13.1 Å². The quantitative estimate of drug-likeness (QED) is 0.891. The summed E-state index contributed by atoms with van der Waals surface area (Å²) in [5.41, 5.74) is 0.600. The van der Waals surface area contributed by atoms with E-state index < -0.39 is 11.0 Å². The van der Waals surface area contributed by atoms with Crippen molar-refractivity contribution in [1.29, 1.82) is 5.26 Å². The van der Waals surface area contributed by atoms with Crippen molar-refractivity contribution in [2.24, 2.45) is 5.41 Å². The number of benzene rings is 1. The summed E-state index contributed by atoms with van der Waals surface area (Å²) in [6, 6.07) is 13.2. The van der Waals surface area contributed by atoms with E-state index in [-0.39, 0.29) is 11.8 Å². The van der Waals surface area contributed by atoms with Gasteiger partial charge in [-0.3, -0.25) is 9.59 Å². The first-order valence-electron chi connectivity index (χ1n) is 8.51. The number of amides is 2. The van der Waals surface area contributed by atoms with Crippen LogP contribution in [0, 0.1) is 16.7 Å². The van der Waals surface area contributed by atoms with Gasteiger partial charge in [0.25, 0.3) is 5.91 Å². The van der Waals surface area contributed by atoms with Crippen LogP contribution in [-0.4, -0.2) is 34.8 Å². The summed E-state index contributed by atoms with van der Waals surface area (Å²) in [5, 5.41) is 12.0. The first kappa shape index (κ1) is 17.7. The van der Waals surface area contributed by atoms with Gasteiger partial charge in [-0.1, -0.05) is 51.1 Å². The number of nitrogens with zero attached hydrogens (tertiary/aromatic N) is 2. The van der Waals surface area contributed by atoms with Gasteiger partial charge in [0, 0.05) is 24.7 Å². The second-order valence-electron chi connectivity index (χ2n) is 7.73. The largest absolute Gasteiger partial charge is 0.356 e. The van der Waals surface area contributed by atoms with Crippen molar-refractivity contribution in [1.82, 2.24) is 15.2 Å². The van der Waals surface area contributed by atoms with Gasteiger partial charge in [-0.25, -0.2) is 0 Å². The van der Waals surface area contributed by atoms with Gasteiger partial charge in [-0.2, -0.15) is 5.26 Å². The smallest absolute Gasteiger partial charge is 0.268 e. The molecule has 1 fully saturated rings. The summed E-state index contributed by atoms with van der Waals surface area (Å²) in [6.07, 6.45) is 1.50. The van der Waals surface area contributed by atoms with E-state index in [2.05, 4.69) is 10.3 Å². The Morgan fingerprint density at radius 3 is 2.42 bits per heavy atom. The van der Waals surface area contributed by atoms with Crippen LogP contribution in [-0.2, 0) is 10.3 Å². The molecule has 1 aromatic heterocycles. The lowest BCUT2D eigenvalue weighted by Crippen LogP contribution is -2.70. The van der Waals surface area contributed by atoms with E-state index in [0.717, 1.165) is 5.56 Å². The number of carbonyl (C=O) groups is 2. The Morgan fingerprint density at radius 1 is 1.23 bits per heavy atom. The molecule has 0 radical (unpaired) electrons. The van der Waals surface area contributed by atoms with Crippen LogP contribution < -0.4 is 5.32 Å². The van der Waals surface area contributed by atoms with Crippen LogP contribution in [0.3, 0.4) is 0 Å². The molecule has 26 heavy (non-hydrogen) atoms. The molecule has 2 aromatic rings. The van der Waals surface area contributed by atoms with Crippen molar-refractivity contribution >= 4 is 11.8 Å². The molecule has 0 aliphatic carbocycles. The van der Waals surface area contributed by atoms with Crippen LogP contribution >= 0.6 is 0 Å². The Labute approximate surface area is 152 Å². The number of aromatic nitrogens is 1. The Morgan fingerprint density at radius 2 is 1.88 bits per heavy atom. The Balaban J connectivity index is 1.84. The standard InChI is InChI=1S/C20H22N4O2/c1-19(2,3)18(26)24-12-20(13-24,15-7-5-4-6-8-15)23-17(25)16-9-14(10-21)11-22-16/h4-9,11,22H,12-13H2,1-3H3,(H,23,25). The van der Waals surface area contributed by atoms with Crippen molar-refractivity contribution in [3.05, 3.63) is 59.4 Å². The Hall–Kier alpha value is -3.07. The maximum atomic E-state index is 12.7. The maximum Gasteiger partial charge on any atom is 0.268 e. The fourth-order valence-electron chi connectivity index (χ4n) is 3.19. The van der Waals surface area contributed by atoms with Gasteiger partial charge in [-0.15, -0.1) is 0 Å². The highest BCUT2D eigenvalue weighted by Crippen LogP contribution is 2.35. The summed E-state index contributed by atoms with van der Waals surface area (Å²) in [7, 11) is 0. The van der Waals surface area contributed by atoms with Gasteiger partial charge in [0.1, 0.15) is 17.3 Å². The average molecular weight is 350 g/mol. The zero-order chi connectivity index (χ0) is 18.9. The van der Waals surface area contributed by atoms with Gasteiger partial charge in [0.15, 0.2) is 0 Å². The molecule has 134 valence electrons. The molecule has 6 nitrogen and oxygen atoms in total. The third kappa shape index (κ3) is 3.21. The van der Waals surface area contributed by atoms with E-state index in [9.17, 15) is 9.59 Å². The number of nitriles is 1. The monoisotopic (exact) mass is 350 g/mol. The summed E-state index contributed by atoms with van der Waals surface area (Å²) >= 11 is 0. The van der Waals surface area contributed by atoms with Crippen molar-refractivity contribution in [3.63, 3.8) is 0 Å². The van der Waals surface area contributed by atoms with Gasteiger partial charge < -0.3 is 15.2 Å². The molecule has 2 N–H and O–H groups in total. The molecule has 2 amide bonds. The second kappa shape index (κ2) is 6.34. The number of nitrogens with one attached hydrogen (secondary N) is 2. The summed E-state index contributed by atoms with van der Waals surface area (Å²) < 4.78 is 0. The summed E-state index contributed by atoms with van der Waals surface area (Å²) in [5.74, 6) is -0.233. The van der Waals surface area contributed by atoms with Crippen LogP contribution in [0.5, 0.6) is 0 Å². The lowest BCUT2D eigenvalue weighted by Gasteiger charge is -2.52. The molecule has 0 unspecified atom stereocenters. The molecule has 0 bridgehead atoms. The molecule has 0 spiro atoms. The van der Waals surface area contributed by atoms with Gasteiger partial charge >= 0.3 is 0 Å². The molecule has 1 aromatic carbocycles. The van der Waals surface area contributed by atoms with Gasteiger partial charge in [0.2, 0.25) is 5.91 Å². The predicted molar refractivity (Wildman–Crippen MR) is 97.1 cm³/mol. The Kier molecular flexibility index (Phi) is 4.33. The molecular formula is C20H22N4O2. The second-order valence-corrected chi connectivity index (χ2v) is 7.73. The fraction of sp³-hybridized carbons (Fsp3) is 0.350. The third-order valence-corrected chi connectivity index (χ3v) is 4.59. The number of H-pyrrole nitrogens is 1. The SMILES string of the molecule is CC(C)(C)C(=O)N1CC(NC(=O)c2cc(C#N)c[nH]2)(c2ccccc2)C1. The summed E-state index contributed by atoms with van der Waals surface area (Å²) in [4.78, 5) is 29.8. The minimum Gasteiger partial charge on any atom is -0.356 e. The molecule has 0 saturated carbocycles. The first-order chi connectivity index (χ1) is 12.2. The molecule has 1 aliphatic heterocycles. The lowest BCUT2D eigenvalue weighted by molar-refractivity contribution is -0.148. The maximum absolute atomic E-state index is 12.7. The first-order valence-corrected chi connectivity index (χ1v) is 8.51. The zero-order valence-electron chi connectivity index (χ0n) is 15.2. The number of hydrogen-bond donors (Lipinski definition) is 2. The molecule has 2 heterocycles. The molecule has 0 atom stereocenters. The highest BCUT2D eigenvalue weighted by Gasteiger charge is 2.49. The van der Waals surface area contributed by atoms with Crippen molar-refractivity contribution in [2.45, 2.75) is 26.3 Å². The Bertz CT molecular complexity index is 865. The average Bonchev–Trinajstić information content (AvgIpc) is 3.06. The van der Waals surface area contributed by atoms with E-state index in [4.69, 9.17) is 5.26 Å². The van der Waals surface area contributed by atoms with Crippen molar-refractivity contribution in [3.8, 4) is 6.07 Å². The topological polar surface area (TPSA) is 89.0 Å². The van der Waals surface area contributed by atoms with Gasteiger partial charge in [0.05, 0.1) is 5.56 Å². The van der Waals surface area contributed by atoms with E-state index in [1.807, 2.05) is 57.2 Å². The lowest BCUT2D eigenvalue weighted by atomic mass is 9.80. The van der Waals surface area contributed by atoms with Crippen LogP contribution in [0.4, 0.5) is 0 Å². The van der Waals surface area contributed by atoms with Gasteiger partial charge in [-0.05, 0) is 11.6 Å². The predicted octanol–water partition coefficient (Wildman–Crippen LogP) is 2.40. The molecule has 3 rings (SSSR count). The minimum absolute atomic E-state index is 0.0601. The van der Waals surface area contributed by atoms with Crippen LogP contribution in [0.2, 0.25) is 0 Å².